The molecule has 5 amide bonds. The lowest BCUT2D eigenvalue weighted by atomic mass is 9.84. The molecule has 0 radical (unpaired) electrons. The van der Waals surface area contributed by atoms with Gasteiger partial charge in [-0.15, -0.1) is 0 Å². The minimum absolute atomic E-state index is 0.0288. The second-order valence-corrected chi connectivity index (χ2v) is 18.7. The molecule has 0 atom stereocenters. The van der Waals surface area contributed by atoms with Crippen LogP contribution < -0.4 is 20.3 Å². The van der Waals surface area contributed by atoms with Crippen LogP contribution in [0, 0.1) is 11.3 Å². The van der Waals surface area contributed by atoms with Gasteiger partial charge in [0.05, 0.1) is 27.9 Å². The van der Waals surface area contributed by atoms with E-state index in [4.69, 9.17) is 21.6 Å². The Labute approximate surface area is 375 Å². The number of halogens is 1. The topological polar surface area (TPSA) is 140 Å². The molecule has 4 fully saturated rings. The molecular weight excluding hydrogens is 814 g/mol. The number of aryl methyl sites for hydroxylation is 1. The first-order chi connectivity index (χ1) is 30.5. The van der Waals surface area contributed by atoms with Crippen LogP contribution in [0.3, 0.4) is 0 Å². The number of likely N-dealkylation sites (tertiary alicyclic amines) is 2. The molecule has 0 bridgehead atoms. The molecule has 4 aromatic rings. The molecule has 1 saturated carbocycles. The minimum atomic E-state index is -0.444. The van der Waals surface area contributed by atoms with Gasteiger partial charge in [0.2, 0.25) is 5.91 Å². The van der Waals surface area contributed by atoms with E-state index < -0.39 is 6.03 Å². The molecule has 8 rings (SSSR count). The summed E-state index contributed by atoms with van der Waals surface area (Å²) < 4.78 is 8.25. The fraction of sp³-hybridized carbons (Fsp3) is 0.500. The molecular formula is C50H60ClN7O5. The highest BCUT2D eigenvalue weighted by atomic mass is 35.5. The number of imide groups is 1. The van der Waals surface area contributed by atoms with E-state index in [-0.39, 0.29) is 54.4 Å². The number of hydrogen-bond acceptors (Lipinski definition) is 7. The highest BCUT2D eigenvalue weighted by Gasteiger charge is 2.45. The van der Waals surface area contributed by atoms with Crippen molar-refractivity contribution in [2.75, 3.05) is 37.6 Å². The van der Waals surface area contributed by atoms with E-state index in [0.717, 1.165) is 114 Å². The SMILES string of the molecule is CC(C)n1ccc2c(N3CCC(=O)NC3=O)cc(C(=O)N3CCCC34CCN(CCCCCCc3ccc(C(=O)NC5CCC(Oc6ccc(C#N)c(Cl)c6)CC5)cc3)CC4)cc21. The number of nitrogens with one attached hydrogen (secondary N) is 2. The van der Waals surface area contributed by atoms with Crippen LogP contribution in [0.2, 0.25) is 5.02 Å². The van der Waals surface area contributed by atoms with E-state index in [9.17, 15) is 19.2 Å². The van der Waals surface area contributed by atoms with Crippen LogP contribution in [-0.2, 0) is 11.2 Å². The van der Waals surface area contributed by atoms with Crippen molar-refractivity contribution in [3.05, 3.63) is 94.1 Å². The summed E-state index contributed by atoms with van der Waals surface area (Å²) in [6.45, 7) is 8.28. The van der Waals surface area contributed by atoms with Gasteiger partial charge in [-0.3, -0.25) is 24.6 Å². The fourth-order valence-corrected chi connectivity index (χ4v) is 10.5. The average molecular weight is 875 g/mol. The summed E-state index contributed by atoms with van der Waals surface area (Å²) in [5.74, 6) is 0.385. The lowest BCUT2D eigenvalue weighted by Crippen LogP contribution is -2.54. The highest BCUT2D eigenvalue weighted by molar-refractivity contribution is 6.31. The number of piperidine rings is 1. The zero-order valence-electron chi connectivity index (χ0n) is 36.7. The maximum atomic E-state index is 14.5. The minimum Gasteiger partial charge on any atom is -0.490 e. The molecule has 4 heterocycles. The number of aromatic nitrogens is 1. The Balaban J connectivity index is 0.752. The van der Waals surface area contributed by atoms with Crippen LogP contribution >= 0.6 is 11.6 Å². The Morgan fingerprint density at radius 2 is 1.67 bits per heavy atom. The fourth-order valence-electron chi connectivity index (χ4n) is 10.2. The summed E-state index contributed by atoms with van der Waals surface area (Å²) in [5.41, 5.74) is 4.42. The molecule has 1 spiro atoms. The first-order valence-corrected chi connectivity index (χ1v) is 23.4. The van der Waals surface area contributed by atoms with Crippen LogP contribution in [0.4, 0.5) is 10.5 Å². The van der Waals surface area contributed by atoms with Gasteiger partial charge in [-0.1, -0.05) is 36.6 Å². The third-order valence-electron chi connectivity index (χ3n) is 13.9. The zero-order chi connectivity index (χ0) is 44.1. The zero-order valence-corrected chi connectivity index (χ0v) is 37.4. The van der Waals surface area contributed by atoms with Gasteiger partial charge in [0.1, 0.15) is 11.8 Å². The first kappa shape index (κ1) is 44.2. The summed E-state index contributed by atoms with van der Waals surface area (Å²) in [6, 6.07) is 21.0. The number of amides is 5. The molecule has 332 valence electrons. The van der Waals surface area contributed by atoms with Gasteiger partial charge in [0, 0.05) is 79.0 Å². The van der Waals surface area contributed by atoms with Crippen LogP contribution in [-0.4, -0.2) is 88.5 Å². The number of urea groups is 1. The monoisotopic (exact) mass is 873 g/mol. The predicted molar refractivity (Wildman–Crippen MR) is 245 cm³/mol. The van der Waals surface area contributed by atoms with Crippen molar-refractivity contribution in [3.63, 3.8) is 0 Å². The number of nitrogens with zero attached hydrogens (tertiary/aromatic N) is 5. The Hall–Kier alpha value is -5.38. The van der Waals surface area contributed by atoms with E-state index in [0.29, 0.717) is 33.1 Å². The number of anilines is 1. The molecule has 13 heteroatoms. The molecule has 12 nitrogen and oxygen atoms in total. The third kappa shape index (κ3) is 10.1. The van der Waals surface area contributed by atoms with Gasteiger partial charge < -0.3 is 24.4 Å². The Morgan fingerprint density at radius 3 is 2.38 bits per heavy atom. The number of fused-ring (bicyclic) bond motifs is 1. The van der Waals surface area contributed by atoms with E-state index >= 15 is 0 Å². The van der Waals surface area contributed by atoms with Gasteiger partial charge in [0.15, 0.2) is 0 Å². The molecule has 2 N–H and O–H groups in total. The van der Waals surface area contributed by atoms with E-state index in [1.165, 1.54) is 12.0 Å². The Bertz CT molecular complexity index is 2350. The third-order valence-corrected chi connectivity index (χ3v) is 14.2. The van der Waals surface area contributed by atoms with Crippen molar-refractivity contribution < 1.29 is 23.9 Å². The van der Waals surface area contributed by atoms with E-state index in [1.54, 1.807) is 23.1 Å². The molecule has 1 aromatic heterocycles. The maximum Gasteiger partial charge on any atom is 0.328 e. The normalized spacial score (nSPS) is 20.3. The molecule has 4 aliphatic rings. The van der Waals surface area contributed by atoms with Gasteiger partial charge in [-0.2, -0.15) is 5.26 Å². The van der Waals surface area contributed by atoms with Crippen LogP contribution in [0.25, 0.3) is 10.9 Å². The van der Waals surface area contributed by atoms with Crippen LogP contribution in [0.15, 0.2) is 66.9 Å². The molecule has 3 aliphatic heterocycles. The van der Waals surface area contributed by atoms with Gasteiger partial charge in [-0.05, 0) is 139 Å². The Kier molecular flexibility index (Phi) is 13.7. The van der Waals surface area contributed by atoms with Crippen molar-refractivity contribution in [2.24, 2.45) is 0 Å². The molecule has 3 saturated heterocycles. The number of carbonyl (C=O) groups is 4. The number of ether oxygens (including phenoxy) is 1. The number of hydrogen-bond donors (Lipinski definition) is 2. The van der Waals surface area contributed by atoms with Gasteiger partial charge in [0.25, 0.3) is 11.8 Å². The summed E-state index contributed by atoms with van der Waals surface area (Å²) >= 11 is 6.16. The Morgan fingerprint density at radius 1 is 0.905 bits per heavy atom. The van der Waals surface area contributed by atoms with Crippen LogP contribution in [0.1, 0.15) is 135 Å². The first-order valence-electron chi connectivity index (χ1n) is 23.1. The molecule has 1 aliphatic carbocycles. The van der Waals surface area contributed by atoms with Gasteiger partial charge >= 0.3 is 6.03 Å². The lowest BCUT2D eigenvalue weighted by Gasteiger charge is -2.45. The van der Waals surface area contributed by atoms with Crippen molar-refractivity contribution in [2.45, 2.75) is 127 Å². The molecule has 0 unspecified atom stereocenters. The van der Waals surface area contributed by atoms with Crippen LogP contribution in [0.5, 0.6) is 5.75 Å². The van der Waals surface area contributed by atoms with E-state index in [2.05, 4.69) is 57.0 Å². The number of carbonyl (C=O) groups excluding carboxylic acids is 4. The lowest BCUT2D eigenvalue weighted by molar-refractivity contribution is -0.120. The van der Waals surface area contributed by atoms with Crippen molar-refractivity contribution in [1.82, 2.24) is 25.0 Å². The van der Waals surface area contributed by atoms with E-state index in [1.807, 2.05) is 36.5 Å². The summed E-state index contributed by atoms with van der Waals surface area (Å²) in [4.78, 5) is 58.8. The van der Waals surface area contributed by atoms with Crippen molar-refractivity contribution in [1.29, 1.82) is 5.26 Å². The quantitative estimate of drug-likeness (QED) is 0.121. The van der Waals surface area contributed by atoms with Crippen molar-refractivity contribution >= 4 is 51.9 Å². The second-order valence-electron chi connectivity index (χ2n) is 18.3. The average Bonchev–Trinajstić information content (AvgIpc) is 3.91. The largest absolute Gasteiger partial charge is 0.490 e. The predicted octanol–water partition coefficient (Wildman–Crippen LogP) is 9.19. The van der Waals surface area contributed by atoms with Crippen molar-refractivity contribution in [3.8, 4) is 11.8 Å². The number of rotatable bonds is 14. The summed E-state index contributed by atoms with van der Waals surface area (Å²) in [7, 11) is 0. The summed E-state index contributed by atoms with van der Waals surface area (Å²) in [6.07, 6.45) is 15.2. The molecule has 3 aromatic carbocycles. The highest BCUT2D eigenvalue weighted by Crippen LogP contribution is 2.41. The number of unbranched alkanes of at least 4 members (excludes halogenated alkanes) is 3. The summed E-state index contributed by atoms with van der Waals surface area (Å²) in [5, 5.41) is 16.1. The van der Waals surface area contributed by atoms with Gasteiger partial charge in [-0.25, -0.2) is 4.79 Å². The number of nitriles is 1. The standard InChI is InChI=1S/C50H60ClN7O5/c1-34(2)56-26-19-42-44(56)30-38(31-45(42)57-27-20-46(59)54-49(57)62)48(61)58-25-7-21-50(58)22-28-55(29-23-50)24-6-4-3-5-8-35-9-11-36(12-10-35)47(60)53-39-14-17-40(18-15-39)63-41-16-13-37(33-52)43(51)32-41/h9-13,16,19,26,30-32,34,39-40H,3-8,14-15,17-18,20-25,27-29H2,1-2H3,(H,53,60)(H,54,59,62). The smallest absolute Gasteiger partial charge is 0.328 e. The number of benzene rings is 3. The second kappa shape index (κ2) is 19.6. The molecule has 63 heavy (non-hydrogen) atoms. The maximum absolute atomic E-state index is 14.5.